The number of aliphatic hydroxyl groups is 1. The first-order valence-corrected chi connectivity index (χ1v) is 4.48. The molecule has 15 heavy (non-hydrogen) atoms. The molecule has 0 radical (unpaired) electrons. The van der Waals surface area contributed by atoms with Crippen LogP contribution in [-0.2, 0) is 6.61 Å². The smallest absolute Gasteiger partial charge is 0.159 e. The molecule has 0 aliphatic carbocycles. The number of aliphatic hydroxyl groups excluding tert-OH is 1. The van der Waals surface area contributed by atoms with Crippen molar-refractivity contribution >= 4 is 0 Å². The molecule has 0 aliphatic rings. The SMILES string of the molecule is OCc1cc(-c2ncccn2)ccc1F. The Hall–Kier alpha value is -1.81. The number of hydrogen-bond acceptors (Lipinski definition) is 3. The van der Waals surface area contributed by atoms with Gasteiger partial charge in [0.2, 0.25) is 0 Å². The van der Waals surface area contributed by atoms with E-state index >= 15 is 0 Å². The standard InChI is InChI=1S/C11H9FN2O/c12-10-3-2-8(6-9(10)7-15)11-13-4-1-5-14-11/h1-6,15H,7H2. The van der Waals surface area contributed by atoms with Crippen molar-refractivity contribution in [3.8, 4) is 11.4 Å². The quantitative estimate of drug-likeness (QED) is 0.810. The van der Waals surface area contributed by atoms with Crippen LogP contribution in [0.25, 0.3) is 11.4 Å². The molecule has 3 nitrogen and oxygen atoms in total. The molecule has 0 atom stereocenters. The van der Waals surface area contributed by atoms with Crippen LogP contribution in [0, 0.1) is 5.82 Å². The summed E-state index contributed by atoms with van der Waals surface area (Å²) in [7, 11) is 0. The van der Waals surface area contributed by atoms with E-state index in [9.17, 15) is 4.39 Å². The molecule has 0 spiro atoms. The molecule has 1 aromatic heterocycles. The Bertz CT molecular complexity index is 459. The van der Waals surface area contributed by atoms with Crippen LogP contribution in [0.5, 0.6) is 0 Å². The first-order valence-electron chi connectivity index (χ1n) is 4.48. The second kappa shape index (κ2) is 4.14. The van der Waals surface area contributed by atoms with Crippen LogP contribution in [-0.4, -0.2) is 15.1 Å². The highest BCUT2D eigenvalue weighted by molar-refractivity contribution is 5.55. The molecule has 76 valence electrons. The maximum atomic E-state index is 13.1. The average molecular weight is 204 g/mol. The molecule has 2 rings (SSSR count). The van der Waals surface area contributed by atoms with E-state index in [-0.39, 0.29) is 12.2 Å². The summed E-state index contributed by atoms with van der Waals surface area (Å²) >= 11 is 0. The molecule has 0 amide bonds. The summed E-state index contributed by atoms with van der Waals surface area (Å²) in [5, 5.41) is 8.91. The van der Waals surface area contributed by atoms with Crippen LogP contribution in [0.1, 0.15) is 5.56 Å². The molecular weight excluding hydrogens is 195 g/mol. The number of nitrogens with zero attached hydrogens (tertiary/aromatic N) is 2. The maximum absolute atomic E-state index is 13.1. The van der Waals surface area contributed by atoms with Gasteiger partial charge in [-0.15, -0.1) is 0 Å². The molecule has 2 aromatic rings. The van der Waals surface area contributed by atoms with Crippen LogP contribution in [0.15, 0.2) is 36.7 Å². The summed E-state index contributed by atoms with van der Waals surface area (Å²) in [5.74, 6) is 0.101. The monoisotopic (exact) mass is 204 g/mol. The van der Waals surface area contributed by atoms with E-state index in [2.05, 4.69) is 9.97 Å². The Labute approximate surface area is 86.3 Å². The van der Waals surface area contributed by atoms with Gasteiger partial charge >= 0.3 is 0 Å². The third-order valence-electron chi connectivity index (χ3n) is 2.04. The van der Waals surface area contributed by atoms with Crippen molar-refractivity contribution in [1.29, 1.82) is 0 Å². The fourth-order valence-electron chi connectivity index (χ4n) is 1.28. The van der Waals surface area contributed by atoms with E-state index in [1.54, 1.807) is 30.6 Å². The normalized spacial score (nSPS) is 10.3. The summed E-state index contributed by atoms with van der Waals surface area (Å²) in [5.41, 5.74) is 0.945. The zero-order valence-electron chi connectivity index (χ0n) is 7.89. The van der Waals surface area contributed by atoms with Crippen molar-refractivity contribution in [2.24, 2.45) is 0 Å². The van der Waals surface area contributed by atoms with Gasteiger partial charge in [-0.3, -0.25) is 0 Å². The first kappa shape index (κ1) is 9.73. The van der Waals surface area contributed by atoms with Gasteiger partial charge in [-0.1, -0.05) is 0 Å². The van der Waals surface area contributed by atoms with E-state index < -0.39 is 5.82 Å². The second-order valence-electron chi connectivity index (χ2n) is 3.04. The van der Waals surface area contributed by atoms with Crippen LogP contribution >= 0.6 is 0 Å². The van der Waals surface area contributed by atoms with E-state index in [1.165, 1.54) is 6.07 Å². The lowest BCUT2D eigenvalue weighted by molar-refractivity contribution is 0.276. The molecule has 0 unspecified atom stereocenters. The topological polar surface area (TPSA) is 46.0 Å². The summed E-state index contributed by atoms with van der Waals surface area (Å²) in [6, 6.07) is 6.14. The van der Waals surface area contributed by atoms with Gasteiger partial charge in [-0.25, -0.2) is 14.4 Å². The summed E-state index contributed by atoms with van der Waals surface area (Å²) < 4.78 is 13.1. The molecular formula is C11H9FN2O. The molecule has 1 heterocycles. The number of benzene rings is 1. The predicted octanol–water partition coefficient (Wildman–Crippen LogP) is 1.77. The van der Waals surface area contributed by atoms with Crippen molar-refractivity contribution in [2.45, 2.75) is 6.61 Å². The minimum atomic E-state index is -0.419. The van der Waals surface area contributed by atoms with Crippen LogP contribution in [0.3, 0.4) is 0 Å². The van der Waals surface area contributed by atoms with Gasteiger partial charge in [-0.05, 0) is 24.3 Å². The number of aromatic nitrogens is 2. The molecule has 0 saturated carbocycles. The highest BCUT2D eigenvalue weighted by Gasteiger charge is 2.05. The van der Waals surface area contributed by atoms with Crippen LogP contribution in [0.2, 0.25) is 0 Å². The van der Waals surface area contributed by atoms with E-state index in [4.69, 9.17) is 5.11 Å². The lowest BCUT2D eigenvalue weighted by atomic mass is 10.1. The van der Waals surface area contributed by atoms with Gasteiger partial charge in [-0.2, -0.15) is 0 Å². The summed E-state index contributed by atoms with van der Waals surface area (Å²) in [4.78, 5) is 8.08. The number of halogens is 1. The minimum absolute atomic E-state index is 0.250. The molecule has 0 saturated heterocycles. The van der Waals surface area contributed by atoms with Gasteiger partial charge in [0, 0.05) is 23.5 Å². The Morgan fingerprint density at radius 2 is 1.93 bits per heavy atom. The lowest BCUT2D eigenvalue weighted by Crippen LogP contribution is -1.93. The van der Waals surface area contributed by atoms with Crippen molar-refractivity contribution < 1.29 is 9.50 Å². The average Bonchev–Trinajstić information content (AvgIpc) is 2.31. The second-order valence-corrected chi connectivity index (χ2v) is 3.04. The highest BCUT2D eigenvalue weighted by atomic mass is 19.1. The fourth-order valence-corrected chi connectivity index (χ4v) is 1.28. The molecule has 0 aliphatic heterocycles. The fraction of sp³-hybridized carbons (Fsp3) is 0.0909. The Morgan fingerprint density at radius 1 is 1.20 bits per heavy atom. The van der Waals surface area contributed by atoms with Crippen LogP contribution in [0.4, 0.5) is 4.39 Å². The number of hydrogen-bond donors (Lipinski definition) is 1. The maximum Gasteiger partial charge on any atom is 0.159 e. The van der Waals surface area contributed by atoms with E-state index in [0.29, 0.717) is 11.4 Å². The Morgan fingerprint density at radius 3 is 2.60 bits per heavy atom. The van der Waals surface area contributed by atoms with Crippen molar-refractivity contribution in [1.82, 2.24) is 9.97 Å². The Kier molecular flexibility index (Phi) is 2.69. The third kappa shape index (κ3) is 1.99. The lowest BCUT2D eigenvalue weighted by Gasteiger charge is -2.02. The van der Waals surface area contributed by atoms with Gasteiger partial charge in [0.1, 0.15) is 5.82 Å². The predicted molar refractivity (Wildman–Crippen MR) is 53.3 cm³/mol. The van der Waals surface area contributed by atoms with Gasteiger partial charge in [0.25, 0.3) is 0 Å². The van der Waals surface area contributed by atoms with Crippen molar-refractivity contribution in [3.05, 3.63) is 48.0 Å². The molecule has 1 aromatic carbocycles. The summed E-state index contributed by atoms with van der Waals surface area (Å²) in [6.45, 7) is -0.327. The molecule has 4 heteroatoms. The molecule has 1 N–H and O–H groups in total. The zero-order chi connectivity index (χ0) is 10.7. The van der Waals surface area contributed by atoms with Crippen LogP contribution < -0.4 is 0 Å². The van der Waals surface area contributed by atoms with Crippen molar-refractivity contribution in [2.75, 3.05) is 0 Å². The van der Waals surface area contributed by atoms with Gasteiger partial charge in [0.05, 0.1) is 6.61 Å². The minimum Gasteiger partial charge on any atom is -0.392 e. The van der Waals surface area contributed by atoms with Gasteiger partial charge in [0.15, 0.2) is 5.82 Å². The highest BCUT2D eigenvalue weighted by Crippen LogP contribution is 2.18. The Balaban J connectivity index is 2.46. The summed E-state index contributed by atoms with van der Waals surface area (Å²) in [6.07, 6.45) is 3.23. The number of rotatable bonds is 2. The molecule has 0 fully saturated rings. The van der Waals surface area contributed by atoms with Gasteiger partial charge < -0.3 is 5.11 Å². The largest absolute Gasteiger partial charge is 0.392 e. The van der Waals surface area contributed by atoms with E-state index in [1.807, 2.05) is 0 Å². The van der Waals surface area contributed by atoms with Crippen molar-refractivity contribution in [3.63, 3.8) is 0 Å². The molecule has 0 bridgehead atoms. The zero-order valence-corrected chi connectivity index (χ0v) is 7.89. The van der Waals surface area contributed by atoms with E-state index in [0.717, 1.165) is 0 Å². The third-order valence-corrected chi connectivity index (χ3v) is 2.04. The first-order chi connectivity index (χ1) is 7.31.